The van der Waals surface area contributed by atoms with Crippen molar-refractivity contribution in [2.45, 2.75) is 50.3 Å². The van der Waals surface area contributed by atoms with E-state index in [1.54, 1.807) is 50.3 Å². The van der Waals surface area contributed by atoms with Gasteiger partial charge in [0.05, 0.1) is 49.5 Å². The van der Waals surface area contributed by atoms with Crippen LogP contribution in [0.4, 0.5) is 11.4 Å². The number of anilines is 1. The van der Waals surface area contributed by atoms with Gasteiger partial charge in [-0.2, -0.15) is 0 Å². The van der Waals surface area contributed by atoms with Crippen molar-refractivity contribution in [3.8, 4) is 22.9 Å². The van der Waals surface area contributed by atoms with E-state index in [2.05, 4.69) is 33.8 Å². The Balaban J connectivity index is 1.51. The zero-order valence-corrected chi connectivity index (χ0v) is 28.0. The Bertz CT molecular complexity index is 1890. The maximum Gasteiger partial charge on any atom is 0.331 e. The molecule has 0 bridgehead atoms. The number of unbranched alkanes of at least 4 members (excludes halogenated alkanes) is 5. The number of fused-ring (bicyclic) bond motifs is 2. The lowest BCUT2D eigenvalue weighted by molar-refractivity contribution is 0.0604. The lowest BCUT2D eigenvalue weighted by atomic mass is 10.1. The smallest absolute Gasteiger partial charge is 0.331 e. The molecule has 3 heterocycles. The van der Waals surface area contributed by atoms with Crippen molar-refractivity contribution in [3.63, 3.8) is 0 Å². The summed E-state index contributed by atoms with van der Waals surface area (Å²) in [6.07, 6.45) is 14.9. The molecule has 0 amide bonds. The summed E-state index contributed by atoms with van der Waals surface area (Å²) < 4.78 is 17.5. The van der Waals surface area contributed by atoms with E-state index in [0.29, 0.717) is 33.3 Å². The van der Waals surface area contributed by atoms with Crippen LogP contribution in [0.5, 0.6) is 11.5 Å². The predicted octanol–water partition coefficient (Wildman–Crippen LogP) is 8.27. The third-order valence-electron chi connectivity index (χ3n) is 7.72. The van der Waals surface area contributed by atoms with Crippen molar-refractivity contribution < 1.29 is 19.0 Å². The molecule has 238 valence electrons. The summed E-state index contributed by atoms with van der Waals surface area (Å²) in [6, 6.07) is 11.3. The maximum atomic E-state index is 12.9. The number of carbonyl (C=O) groups excluding carboxylic acids is 1. The highest BCUT2D eigenvalue weighted by Crippen LogP contribution is 2.47. The second-order valence-electron chi connectivity index (χ2n) is 10.6. The summed E-state index contributed by atoms with van der Waals surface area (Å²) in [5.41, 5.74) is 2.10. The first-order valence-electron chi connectivity index (χ1n) is 15.2. The van der Waals surface area contributed by atoms with Crippen LogP contribution in [0.15, 0.2) is 64.6 Å². The van der Waals surface area contributed by atoms with Crippen molar-refractivity contribution in [1.29, 1.82) is 0 Å². The minimum absolute atomic E-state index is 0.0555. The fourth-order valence-corrected chi connectivity index (χ4v) is 6.64. The molecule has 2 aromatic carbocycles. The van der Waals surface area contributed by atoms with Crippen molar-refractivity contribution in [2.75, 3.05) is 32.8 Å². The molecule has 9 nitrogen and oxygen atoms in total. The summed E-state index contributed by atoms with van der Waals surface area (Å²) in [5.74, 6) is 0.792. The van der Waals surface area contributed by atoms with Crippen molar-refractivity contribution in [1.82, 2.24) is 14.6 Å². The minimum Gasteiger partial charge on any atom is -0.497 e. The van der Waals surface area contributed by atoms with Gasteiger partial charge in [-0.3, -0.25) is 0 Å². The van der Waals surface area contributed by atoms with Gasteiger partial charge in [0.1, 0.15) is 17.1 Å². The molecule has 0 aliphatic carbocycles. The second kappa shape index (κ2) is 15.2. The van der Waals surface area contributed by atoms with Gasteiger partial charge in [-0.05, 0) is 55.0 Å². The van der Waals surface area contributed by atoms with Crippen LogP contribution < -0.4 is 19.7 Å². The first-order chi connectivity index (χ1) is 22.4. The van der Waals surface area contributed by atoms with Gasteiger partial charge in [-0.1, -0.05) is 74.5 Å². The molecule has 0 radical (unpaired) electrons. The topological polar surface area (TPSA) is 82.5 Å². The van der Waals surface area contributed by atoms with E-state index in [4.69, 9.17) is 37.5 Å². The number of ether oxygens (including phenoxy) is 3. The molecule has 0 atom stereocenters. The number of nitrogens with zero attached hydrogens (tertiary/aromatic N) is 5. The highest BCUT2D eigenvalue weighted by Gasteiger charge is 2.27. The van der Waals surface area contributed by atoms with Crippen molar-refractivity contribution in [3.05, 3.63) is 87.0 Å². The summed E-state index contributed by atoms with van der Waals surface area (Å²) >= 11 is 8.08. The van der Waals surface area contributed by atoms with E-state index in [-0.39, 0.29) is 16.9 Å². The van der Waals surface area contributed by atoms with Crippen LogP contribution in [0, 0.1) is 6.57 Å². The van der Waals surface area contributed by atoms with Gasteiger partial charge < -0.3 is 19.1 Å². The normalized spacial score (nSPS) is 14.0. The number of rotatable bonds is 13. The van der Waals surface area contributed by atoms with Gasteiger partial charge in [0.15, 0.2) is 11.5 Å². The molecule has 11 heteroatoms. The zero-order chi connectivity index (χ0) is 32.6. The number of methoxy groups -OCH3 is 3. The average Bonchev–Trinajstić information content (AvgIpc) is 3.74. The van der Waals surface area contributed by atoms with Gasteiger partial charge in [-0.15, -0.1) is 5.10 Å². The number of aromatic nitrogens is 3. The van der Waals surface area contributed by atoms with Gasteiger partial charge in [0, 0.05) is 16.5 Å². The molecular formula is C35H36ClN5O4S. The molecule has 0 fully saturated rings. The first-order valence-corrected chi connectivity index (χ1v) is 16.4. The third-order valence-corrected chi connectivity index (χ3v) is 9.08. The monoisotopic (exact) mass is 657 g/mol. The maximum absolute atomic E-state index is 12.9. The first kappa shape index (κ1) is 32.9. The summed E-state index contributed by atoms with van der Waals surface area (Å²) in [7, 11) is 4.40. The second-order valence-corrected chi connectivity index (χ2v) is 12.1. The van der Waals surface area contributed by atoms with E-state index in [9.17, 15) is 4.79 Å². The molecule has 0 saturated carbocycles. The van der Waals surface area contributed by atoms with E-state index in [1.165, 1.54) is 43.7 Å². The van der Waals surface area contributed by atoms with Crippen LogP contribution >= 0.6 is 23.4 Å². The SMILES string of the molecule is [C-]#[N+]c1c(C(=O)OC)c2nc(-c3cc(OC)ccc3OC)nn2c1=CC=CC=C1Sc2ccc(Cl)cc2N1CCCCCCCC. The van der Waals surface area contributed by atoms with E-state index < -0.39 is 5.97 Å². The minimum atomic E-state index is -0.664. The van der Waals surface area contributed by atoms with Gasteiger partial charge in [-0.25, -0.2) is 19.1 Å². The molecule has 1 aliphatic rings. The number of hydrogen-bond donors (Lipinski definition) is 0. The Morgan fingerprint density at radius 1 is 1.02 bits per heavy atom. The van der Waals surface area contributed by atoms with Crippen LogP contribution in [0.3, 0.4) is 0 Å². The van der Waals surface area contributed by atoms with Crippen LogP contribution in [0.1, 0.15) is 55.8 Å². The Morgan fingerprint density at radius 3 is 2.54 bits per heavy atom. The quantitative estimate of drug-likeness (QED) is 0.0807. The van der Waals surface area contributed by atoms with E-state index in [0.717, 1.165) is 28.6 Å². The van der Waals surface area contributed by atoms with Crippen LogP contribution in [0.25, 0.3) is 28.0 Å². The van der Waals surface area contributed by atoms with Crippen LogP contribution in [-0.4, -0.2) is 48.4 Å². The highest BCUT2D eigenvalue weighted by atomic mass is 35.5. The zero-order valence-electron chi connectivity index (χ0n) is 26.4. The number of thioether (sulfide) groups is 1. The lowest BCUT2D eigenvalue weighted by Crippen LogP contribution is -2.19. The summed E-state index contributed by atoms with van der Waals surface area (Å²) in [5, 5.41) is 6.91. The lowest BCUT2D eigenvalue weighted by Gasteiger charge is -2.20. The largest absolute Gasteiger partial charge is 0.497 e. The standard InChI is InChI=1S/C35H36ClN5O4S/c1-6-7-8-9-10-13-20-40-27-21-23(36)16-19-29(27)46-30(40)15-12-11-14-26-32(37-2)31(35(42)45-5)34-38-33(39-41(26)34)25-22-24(43-3)17-18-28(25)44-4/h11-12,14-19,21-22H,6-10,13,20H2,1,3-5H3. The molecule has 1 aliphatic heterocycles. The molecule has 0 spiro atoms. The Labute approximate surface area is 278 Å². The van der Waals surface area contributed by atoms with Crippen molar-refractivity contribution in [2.24, 2.45) is 0 Å². The van der Waals surface area contributed by atoms with Gasteiger partial charge >= 0.3 is 5.97 Å². The molecule has 0 saturated heterocycles. The average molecular weight is 658 g/mol. The number of carbonyl (C=O) groups is 1. The number of benzene rings is 2. The van der Waals surface area contributed by atoms with Crippen LogP contribution in [0.2, 0.25) is 5.02 Å². The molecule has 0 unspecified atom stereocenters. The Morgan fingerprint density at radius 2 is 1.80 bits per heavy atom. The molecule has 0 N–H and O–H groups in total. The fraction of sp³-hybridized carbons (Fsp3) is 0.314. The van der Waals surface area contributed by atoms with E-state index >= 15 is 0 Å². The van der Waals surface area contributed by atoms with Crippen molar-refractivity contribution >= 4 is 52.4 Å². The Hall–Kier alpha value is -4.46. The number of esters is 1. The summed E-state index contributed by atoms with van der Waals surface area (Å²) in [6.45, 7) is 11.0. The van der Waals surface area contributed by atoms with E-state index in [1.807, 2.05) is 24.3 Å². The number of hydrogen-bond acceptors (Lipinski definition) is 8. The molecule has 46 heavy (non-hydrogen) atoms. The molecule has 5 rings (SSSR count). The fourth-order valence-electron chi connectivity index (χ4n) is 5.40. The van der Waals surface area contributed by atoms with Gasteiger partial charge in [0.2, 0.25) is 5.69 Å². The van der Waals surface area contributed by atoms with Crippen LogP contribution in [-0.2, 0) is 4.74 Å². The van der Waals surface area contributed by atoms with Gasteiger partial charge in [0.25, 0.3) is 0 Å². The molecular weight excluding hydrogens is 622 g/mol. The number of allylic oxidation sites excluding steroid dienone is 3. The predicted molar refractivity (Wildman–Crippen MR) is 184 cm³/mol. The Kier molecular flexibility index (Phi) is 10.9. The highest BCUT2D eigenvalue weighted by molar-refractivity contribution is 8.03. The third kappa shape index (κ3) is 6.86. The summed E-state index contributed by atoms with van der Waals surface area (Å²) in [4.78, 5) is 24.7. The molecule has 4 aromatic rings. The molecule has 2 aromatic heterocycles. The number of halogens is 1.